The topological polar surface area (TPSA) is 12.0 Å². The lowest BCUT2D eigenvalue weighted by atomic mass is 10.00. The van der Waals surface area contributed by atoms with E-state index in [-0.39, 0.29) is 0 Å². The van der Waals surface area contributed by atoms with E-state index >= 15 is 0 Å². The zero-order chi connectivity index (χ0) is 20.5. The first-order valence-corrected chi connectivity index (χ1v) is 12.9. The highest BCUT2D eigenvalue weighted by Crippen LogP contribution is 2.40. The van der Waals surface area contributed by atoms with Gasteiger partial charge < -0.3 is 5.32 Å². The Morgan fingerprint density at radius 1 is 0.667 bits per heavy atom. The van der Waals surface area contributed by atoms with Gasteiger partial charge in [0.25, 0.3) is 0 Å². The lowest BCUT2D eigenvalue weighted by molar-refractivity contribution is 0.617. The van der Waals surface area contributed by atoms with Gasteiger partial charge in [0.15, 0.2) is 0 Å². The molecule has 0 saturated carbocycles. The molecule has 5 rings (SSSR count). The van der Waals surface area contributed by atoms with E-state index in [0.29, 0.717) is 0 Å². The van der Waals surface area contributed by atoms with Crippen LogP contribution in [0.5, 0.6) is 0 Å². The highest BCUT2D eigenvalue weighted by molar-refractivity contribution is 7.23. The van der Waals surface area contributed by atoms with Gasteiger partial charge in [0.2, 0.25) is 0 Å². The van der Waals surface area contributed by atoms with Crippen LogP contribution in [-0.2, 0) is 0 Å². The Bertz CT molecular complexity index is 1320. The molecule has 0 saturated heterocycles. The molecule has 0 spiro atoms. The van der Waals surface area contributed by atoms with Gasteiger partial charge in [-0.05, 0) is 47.0 Å². The van der Waals surface area contributed by atoms with Gasteiger partial charge in [0.1, 0.15) is 0 Å². The van der Waals surface area contributed by atoms with Gasteiger partial charge in [-0.2, -0.15) is 0 Å². The van der Waals surface area contributed by atoms with Crippen LogP contribution in [0.25, 0.3) is 41.7 Å². The number of rotatable bonds is 8. The van der Waals surface area contributed by atoms with Crippen LogP contribution >= 0.6 is 22.7 Å². The molecule has 0 fully saturated rings. The summed E-state index contributed by atoms with van der Waals surface area (Å²) in [5.41, 5.74) is 0. The Hall–Kier alpha value is -2.10. The summed E-state index contributed by atoms with van der Waals surface area (Å²) in [7, 11) is 0. The zero-order valence-electron chi connectivity index (χ0n) is 17.9. The summed E-state index contributed by atoms with van der Waals surface area (Å²) in [5, 5.41) is 13.2. The molecule has 0 amide bonds. The number of nitrogens with one attached hydrogen (secondary N) is 1. The van der Waals surface area contributed by atoms with Gasteiger partial charge in [0, 0.05) is 31.6 Å². The summed E-state index contributed by atoms with van der Waals surface area (Å²) in [6.45, 7) is 5.56. The number of aryl methyl sites for hydroxylation is 1. The monoisotopic (exact) mass is 431 g/mol. The Balaban J connectivity index is 1.43. The Labute approximate surface area is 186 Å². The predicted octanol–water partition coefficient (Wildman–Crippen LogP) is 9.50. The van der Waals surface area contributed by atoms with Crippen molar-refractivity contribution in [3.8, 4) is 0 Å². The summed E-state index contributed by atoms with van der Waals surface area (Å²) in [4.78, 5) is 1.38. The van der Waals surface area contributed by atoms with Crippen molar-refractivity contribution in [2.75, 3.05) is 11.9 Å². The minimum atomic E-state index is 1.08. The van der Waals surface area contributed by atoms with E-state index in [9.17, 15) is 0 Å². The maximum atomic E-state index is 3.67. The van der Waals surface area contributed by atoms with E-state index in [1.165, 1.54) is 90.1 Å². The van der Waals surface area contributed by atoms with Gasteiger partial charge in [-0.15, -0.1) is 22.7 Å². The standard InChI is InChI=1S/C27H29NS2/c1-3-4-5-6-7-8-15-28-25-17-20-10-12-22-21-11-9-19-16-18(2)29-26(19)23(21)13-14-24(22)27(20)30-25/h9-14,16-17,28H,3-8,15H2,1-2H3. The number of hydrogen-bond donors (Lipinski definition) is 1. The molecule has 30 heavy (non-hydrogen) atoms. The lowest BCUT2D eigenvalue weighted by Gasteiger charge is -2.06. The first-order chi connectivity index (χ1) is 14.7. The second-order valence-electron chi connectivity index (χ2n) is 8.39. The maximum absolute atomic E-state index is 3.67. The average Bonchev–Trinajstić information content (AvgIpc) is 3.35. The summed E-state index contributed by atoms with van der Waals surface area (Å²) in [6.07, 6.45) is 8.06. The summed E-state index contributed by atoms with van der Waals surface area (Å²) >= 11 is 3.81. The minimum Gasteiger partial charge on any atom is -0.377 e. The highest BCUT2D eigenvalue weighted by Gasteiger charge is 2.11. The van der Waals surface area contributed by atoms with Gasteiger partial charge in [-0.1, -0.05) is 75.4 Å². The maximum Gasteiger partial charge on any atom is 0.0895 e. The van der Waals surface area contributed by atoms with E-state index < -0.39 is 0 Å². The molecule has 0 unspecified atom stereocenters. The Morgan fingerprint density at radius 3 is 2.00 bits per heavy atom. The van der Waals surface area contributed by atoms with Crippen LogP contribution in [0.4, 0.5) is 5.00 Å². The summed E-state index contributed by atoms with van der Waals surface area (Å²) in [5.74, 6) is 0. The second-order valence-corrected chi connectivity index (χ2v) is 10.7. The minimum absolute atomic E-state index is 1.08. The number of anilines is 1. The van der Waals surface area contributed by atoms with E-state index in [0.717, 1.165) is 6.54 Å². The number of unbranched alkanes of at least 4 members (excludes halogenated alkanes) is 5. The van der Waals surface area contributed by atoms with Crippen LogP contribution in [0.2, 0.25) is 0 Å². The third-order valence-electron chi connectivity index (χ3n) is 6.11. The Kier molecular flexibility index (Phi) is 5.66. The molecule has 3 aromatic carbocycles. The van der Waals surface area contributed by atoms with Crippen molar-refractivity contribution in [3.63, 3.8) is 0 Å². The molecule has 1 nitrogen and oxygen atoms in total. The molecule has 1 N–H and O–H groups in total. The zero-order valence-corrected chi connectivity index (χ0v) is 19.5. The molecule has 2 aromatic heterocycles. The van der Waals surface area contributed by atoms with Crippen molar-refractivity contribution in [2.45, 2.75) is 52.4 Å². The molecule has 0 aliphatic rings. The van der Waals surface area contributed by atoms with E-state index in [1.54, 1.807) is 0 Å². The summed E-state index contributed by atoms with van der Waals surface area (Å²) < 4.78 is 2.82. The van der Waals surface area contributed by atoms with Crippen molar-refractivity contribution >= 4 is 69.4 Å². The number of hydrogen-bond acceptors (Lipinski definition) is 3. The fourth-order valence-corrected chi connectivity index (χ4v) is 6.70. The second kappa shape index (κ2) is 8.56. The molecule has 0 aliphatic carbocycles. The summed E-state index contributed by atoms with van der Waals surface area (Å²) in [6, 6.07) is 18.5. The third-order valence-corrected chi connectivity index (χ3v) is 8.35. The largest absolute Gasteiger partial charge is 0.377 e. The SMILES string of the molecule is CCCCCCCCNc1cc2ccc3c4ccc5cc(C)sc5c4ccc3c2s1. The lowest BCUT2D eigenvalue weighted by Crippen LogP contribution is -1.99. The quantitative estimate of drug-likeness (QED) is 0.190. The van der Waals surface area contributed by atoms with Crippen LogP contribution in [0.1, 0.15) is 50.3 Å². The number of fused-ring (bicyclic) bond motifs is 7. The molecular weight excluding hydrogens is 402 g/mol. The molecule has 0 bridgehead atoms. The molecule has 3 heteroatoms. The van der Waals surface area contributed by atoms with Crippen LogP contribution in [0.15, 0.2) is 48.5 Å². The van der Waals surface area contributed by atoms with Gasteiger partial charge >= 0.3 is 0 Å². The van der Waals surface area contributed by atoms with Gasteiger partial charge in [0.05, 0.1) is 5.00 Å². The van der Waals surface area contributed by atoms with Crippen LogP contribution in [-0.4, -0.2) is 6.54 Å². The van der Waals surface area contributed by atoms with Crippen LogP contribution in [0, 0.1) is 6.92 Å². The van der Waals surface area contributed by atoms with E-state index in [1.807, 2.05) is 22.7 Å². The number of thiophene rings is 2. The molecule has 0 radical (unpaired) electrons. The molecule has 0 atom stereocenters. The normalized spacial score (nSPS) is 11.9. The van der Waals surface area contributed by atoms with E-state index in [4.69, 9.17) is 0 Å². The van der Waals surface area contributed by atoms with Crippen molar-refractivity contribution in [1.29, 1.82) is 0 Å². The van der Waals surface area contributed by atoms with E-state index in [2.05, 4.69) is 67.7 Å². The fourth-order valence-electron chi connectivity index (χ4n) is 4.55. The molecular formula is C27H29NS2. The van der Waals surface area contributed by atoms with Crippen molar-refractivity contribution < 1.29 is 0 Å². The van der Waals surface area contributed by atoms with Crippen molar-refractivity contribution in [3.05, 3.63) is 53.4 Å². The van der Waals surface area contributed by atoms with Gasteiger partial charge in [-0.25, -0.2) is 0 Å². The molecule has 2 heterocycles. The Morgan fingerprint density at radius 2 is 1.27 bits per heavy atom. The molecule has 5 aromatic rings. The van der Waals surface area contributed by atoms with Crippen molar-refractivity contribution in [2.24, 2.45) is 0 Å². The van der Waals surface area contributed by atoms with Gasteiger partial charge in [-0.3, -0.25) is 0 Å². The smallest absolute Gasteiger partial charge is 0.0895 e. The van der Waals surface area contributed by atoms with Crippen LogP contribution in [0.3, 0.4) is 0 Å². The highest BCUT2D eigenvalue weighted by atomic mass is 32.1. The third kappa shape index (κ3) is 3.70. The molecule has 154 valence electrons. The van der Waals surface area contributed by atoms with Crippen LogP contribution < -0.4 is 5.32 Å². The predicted molar refractivity (Wildman–Crippen MR) is 139 cm³/mol. The fraction of sp³-hybridized carbons (Fsp3) is 0.333. The first-order valence-electron chi connectivity index (χ1n) is 11.3. The first kappa shape index (κ1) is 19.8. The molecule has 0 aliphatic heterocycles. The van der Waals surface area contributed by atoms with Crippen molar-refractivity contribution in [1.82, 2.24) is 0 Å². The number of benzene rings is 3. The average molecular weight is 432 g/mol.